The Morgan fingerprint density at radius 1 is 1.19 bits per heavy atom. The molecule has 3 fully saturated rings. The van der Waals surface area contributed by atoms with Gasteiger partial charge in [0.15, 0.2) is 0 Å². The number of ether oxygens (including phenoxy) is 1. The Morgan fingerprint density at radius 2 is 1.90 bits per heavy atom. The number of hydrogen-bond acceptors (Lipinski definition) is 2. The van der Waals surface area contributed by atoms with E-state index in [2.05, 4.69) is 49.3 Å². The van der Waals surface area contributed by atoms with Crippen LogP contribution in [0.15, 0.2) is 21.1 Å². The highest BCUT2D eigenvalue weighted by atomic mass is 79.9. The number of nitrogens with one attached hydrogen (secondary N) is 1. The van der Waals surface area contributed by atoms with E-state index < -0.39 is 0 Å². The minimum Gasteiger partial charge on any atom is -0.492 e. The third-order valence-electron chi connectivity index (χ3n) is 5.64. The molecule has 2 nitrogen and oxygen atoms in total. The summed E-state index contributed by atoms with van der Waals surface area (Å²) in [5.41, 5.74) is 1.25. The summed E-state index contributed by atoms with van der Waals surface area (Å²) in [6.07, 6.45) is 4.48. The summed E-state index contributed by atoms with van der Waals surface area (Å²) in [4.78, 5) is 0. The van der Waals surface area contributed by atoms with E-state index >= 15 is 0 Å². The van der Waals surface area contributed by atoms with Crippen molar-refractivity contribution in [1.29, 1.82) is 0 Å². The van der Waals surface area contributed by atoms with Gasteiger partial charge in [-0.05, 0) is 77.9 Å². The molecule has 0 spiro atoms. The predicted molar refractivity (Wildman–Crippen MR) is 91.4 cm³/mol. The van der Waals surface area contributed by atoms with Crippen LogP contribution in [0, 0.1) is 23.7 Å². The van der Waals surface area contributed by atoms with Crippen LogP contribution in [0.1, 0.15) is 31.7 Å². The lowest BCUT2D eigenvalue weighted by Gasteiger charge is -2.15. The topological polar surface area (TPSA) is 21.3 Å². The van der Waals surface area contributed by atoms with Crippen molar-refractivity contribution in [2.45, 2.75) is 38.8 Å². The maximum atomic E-state index is 5.82. The van der Waals surface area contributed by atoms with Crippen LogP contribution in [0.2, 0.25) is 0 Å². The molecule has 4 unspecified atom stereocenters. The van der Waals surface area contributed by atoms with Crippen molar-refractivity contribution >= 4 is 31.9 Å². The minimum atomic E-state index is 0.700. The summed E-state index contributed by atoms with van der Waals surface area (Å²) in [5, 5.41) is 3.81. The van der Waals surface area contributed by atoms with Crippen LogP contribution in [0.25, 0.3) is 0 Å². The third-order valence-corrected chi connectivity index (χ3v) is 6.68. The van der Waals surface area contributed by atoms with Gasteiger partial charge in [0.25, 0.3) is 0 Å². The smallest absolute Gasteiger partial charge is 0.138 e. The number of rotatable bonds is 5. The van der Waals surface area contributed by atoms with E-state index in [1.807, 2.05) is 6.92 Å². The van der Waals surface area contributed by atoms with E-state index in [0.29, 0.717) is 6.61 Å². The zero-order valence-corrected chi connectivity index (χ0v) is 15.4. The molecule has 4 heteroatoms. The zero-order chi connectivity index (χ0) is 14.6. The van der Waals surface area contributed by atoms with E-state index in [4.69, 9.17) is 4.74 Å². The highest BCUT2D eigenvalue weighted by Gasteiger charge is 2.64. The Hall–Kier alpha value is -0.0600. The maximum Gasteiger partial charge on any atom is 0.138 e. The molecule has 21 heavy (non-hydrogen) atoms. The van der Waals surface area contributed by atoms with Gasteiger partial charge in [0.1, 0.15) is 5.75 Å². The van der Waals surface area contributed by atoms with Gasteiger partial charge >= 0.3 is 0 Å². The summed E-state index contributed by atoms with van der Waals surface area (Å²) in [6, 6.07) is 5.00. The Labute approximate surface area is 143 Å². The minimum absolute atomic E-state index is 0.700. The molecule has 2 bridgehead atoms. The van der Waals surface area contributed by atoms with E-state index in [-0.39, 0.29) is 0 Å². The van der Waals surface area contributed by atoms with Crippen LogP contribution >= 0.6 is 31.9 Å². The quantitative estimate of drug-likeness (QED) is 0.750. The van der Waals surface area contributed by atoms with Gasteiger partial charge in [-0.15, -0.1) is 0 Å². The molecule has 3 aliphatic rings. The van der Waals surface area contributed by atoms with Crippen molar-refractivity contribution in [2.24, 2.45) is 23.7 Å². The number of fused-ring (bicyclic) bond motifs is 5. The number of benzene rings is 1. The number of hydrogen-bond donors (Lipinski definition) is 1. The molecule has 3 saturated carbocycles. The predicted octanol–water partition coefficient (Wildman–Crippen LogP) is 4.74. The van der Waals surface area contributed by atoms with Crippen LogP contribution in [0.3, 0.4) is 0 Å². The first-order valence-corrected chi connectivity index (χ1v) is 9.61. The van der Waals surface area contributed by atoms with Gasteiger partial charge in [-0.25, -0.2) is 0 Å². The second kappa shape index (κ2) is 5.54. The molecule has 3 aliphatic carbocycles. The fourth-order valence-corrected chi connectivity index (χ4v) is 6.31. The second-order valence-electron chi connectivity index (χ2n) is 6.70. The number of halogens is 2. The SMILES string of the molecule is CCOc1c(Br)cc(Br)cc1CNC1C2C3CCC(C3)C12. The lowest BCUT2D eigenvalue weighted by atomic mass is 10.0. The van der Waals surface area contributed by atoms with Gasteiger partial charge in [-0.2, -0.15) is 0 Å². The van der Waals surface area contributed by atoms with Gasteiger partial charge in [0.05, 0.1) is 11.1 Å². The van der Waals surface area contributed by atoms with Gasteiger partial charge in [-0.3, -0.25) is 0 Å². The summed E-state index contributed by atoms with van der Waals surface area (Å²) >= 11 is 7.20. The molecular formula is C17H21Br2NO. The monoisotopic (exact) mass is 413 g/mol. The van der Waals surface area contributed by atoms with Crippen LogP contribution < -0.4 is 10.1 Å². The summed E-state index contributed by atoms with van der Waals surface area (Å²) in [7, 11) is 0. The highest BCUT2D eigenvalue weighted by molar-refractivity contribution is 9.11. The van der Waals surface area contributed by atoms with E-state index in [1.54, 1.807) is 0 Å². The lowest BCUT2D eigenvalue weighted by Crippen LogP contribution is -2.23. The fraction of sp³-hybridized carbons (Fsp3) is 0.647. The average molecular weight is 415 g/mol. The molecule has 1 aromatic rings. The zero-order valence-electron chi connectivity index (χ0n) is 12.2. The first kappa shape index (κ1) is 14.5. The van der Waals surface area contributed by atoms with Crippen LogP contribution in [0.4, 0.5) is 0 Å². The Balaban J connectivity index is 1.46. The molecule has 0 heterocycles. The Morgan fingerprint density at radius 3 is 2.57 bits per heavy atom. The van der Waals surface area contributed by atoms with Crippen molar-refractivity contribution in [3.63, 3.8) is 0 Å². The molecule has 0 aromatic heterocycles. The summed E-state index contributed by atoms with van der Waals surface area (Å²) in [5.74, 6) is 5.00. The molecule has 0 radical (unpaired) electrons. The Kier molecular flexibility index (Phi) is 3.83. The van der Waals surface area contributed by atoms with Crippen molar-refractivity contribution in [3.05, 3.63) is 26.6 Å². The van der Waals surface area contributed by atoms with Gasteiger partial charge in [-0.1, -0.05) is 15.9 Å². The summed E-state index contributed by atoms with van der Waals surface area (Å²) in [6.45, 7) is 3.64. The van der Waals surface area contributed by atoms with Crippen molar-refractivity contribution in [1.82, 2.24) is 5.32 Å². The van der Waals surface area contributed by atoms with Crippen molar-refractivity contribution in [3.8, 4) is 5.75 Å². The van der Waals surface area contributed by atoms with Crippen molar-refractivity contribution < 1.29 is 4.74 Å². The molecule has 1 aromatic carbocycles. The lowest BCUT2D eigenvalue weighted by molar-refractivity contribution is 0.332. The second-order valence-corrected chi connectivity index (χ2v) is 8.47. The summed E-state index contributed by atoms with van der Waals surface area (Å²) < 4.78 is 7.95. The van der Waals surface area contributed by atoms with Crippen LogP contribution in [-0.2, 0) is 6.54 Å². The molecule has 0 amide bonds. The van der Waals surface area contributed by atoms with Gasteiger partial charge in [0.2, 0.25) is 0 Å². The average Bonchev–Trinajstić information content (AvgIpc) is 2.84. The Bertz CT molecular complexity index is 546. The standard InChI is InChI=1S/C17H21Br2NO/c1-2-21-17-11(6-12(18)7-13(17)19)8-20-16-14-9-3-4-10(5-9)15(14)16/h6-7,9-10,14-16,20H,2-5,8H2,1H3. The molecule has 0 aliphatic heterocycles. The van der Waals surface area contributed by atoms with Crippen molar-refractivity contribution in [2.75, 3.05) is 6.61 Å². The molecule has 1 N–H and O–H groups in total. The van der Waals surface area contributed by atoms with Gasteiger partial charge in [0, 0.05) is 22.6 Å². The normalized spacial score (nSPS) is 35.9. The van der Waals surface area contributed by atoms with E-state index in [1.165, 1.54) is 24.8 Å². The molecule has 4 atom stereocenters. The van der Waals surface area contributed by atoms with Crippen LogP contribution in [-0.4, -0.2) is 12.6 Å². The van der Waals surface area contributed by atoms with E-state index in [9.17, 15) is 0 Å². The largest absolute Gasteiger partial charge is 0.492 e. The van der Waals surface area contributed by atoms with Crippen LogP contribution in [0.5, 0.6) is 5.75 Å². The third kappa shape index (κ3) is 2.47. The first-order valence-electron chi connectivity index (χ1n) is 8.03. The fourth-order valence-electron chi connectivity index (χ4n) is 4.88. The first-order chi connectivity index (χ1) is 10.2. The molecule has 114 valence electrons. The van der Waals surface area contributed by atoms with E-state index in [0.717, 1.165) is 51.0 Å². The highest BCUT2D eigenvalue weighted by Crippen LogP contribution is 2.65. The molecular weight excluding hydrogens is 394 g/mol. The molecule has 4 rings (SSSR count). The maximum absolute atomic E-state index is 5.82. The molecule has 0 saturated heterocycles. The van der Waals surface area contributed by atoms with Gasteiger partial charge < -0.3 is 10.1 Å².